The molecule has 0 radical (unpaired) electrons. The Morgan fingerprint density at radius 1 is 0.263 bits per heavy atom. The van der Waals surface area contributed by atoms with E-state index in [0.717, 1.165) is 78.7 Å². The van der Waals surface area contributed by atoms with E-state index in [1.165, 1.54) is 55.6 Å². The highest BCUT2D eigenvalue weighted by Gasteiger charge is 2.65. The van der Waals surface area contributed by atoms with Crippen LogP contribution in [0.15, 0.2) is 267 Å². The van der Waals surface area contributed by atoms with Crippen molar-refractivity contribution in [2.75, 3.05) is 38.2 Å². The van der Waals surface area contributed by atoms with Gasteiger partial charge in [0.25, 0.3) is 0 Å². The minimum atomic E-state index is -0.946. The summed E-state index contributed by atoms with van der Waals surface area (Å²) in [6.45, 7) is 0. The molecule has 0 fully saturated rings. The number of fused-ring (bicyclic) bond motifs is 10. The first-order valence-corrected chi connectivity index (χ1v) is 27.1. The van der Waals surface area contributed by atoms with Crippen LogP contribution in [0, 0.1) is 0 Å². The van der Waals surface area contributed by atoms with Crippen LogP contribution in [0.2, 0.25) is 0 Å². The number of hydrogen-bond acceptors (Lipinski definition) is 6. The van der Waals surface area contributed by atoms with E-state index in [9.17, 15) is 0 Å². The first-order valence-electron chi connectivity index (χ1n) is 27.1. The first kappa shape index (κ1) is 48.3. The Hall–Kier alpha value is -10.0. The minimum Gasteiger partial charge on any atom is -0.497 e. The molecule has 0 aromatic heterocycles. The zero-order valence-corrected chi connectivity index (χ0v) is 44.9. The number of benzene rings is 12. The predicted molar refractivity (Wildman–Crippen MR) is 327 cm³/mol. The van der Waals surface area contributed by atoms with E-state index in [4.69, 9.17) is 18.9 Å². The predicted octanol–water partition coefficient (Wildman–Crippen LogP) is 18.3. The monoisotopic (exact) mass is 1040 g/mol. The number of nitrogens with zero attached hydrogens (tertiary/aromatic N) is 2. The van der Waals surface area contributed by atoms with Crippen molar-refractivity contribution >= 4 is 55.7 Å². The minimum absolute atomic E-state index is 0.786. The SMILES string of the molecule is COc1ccc(N(c2ccc(OC)cc2)c2cc3c(c4ccccc24)-c2ccccc2C3(c2ccccc2)C2(c3ccccc3)c3ccccc3-c3c2cc(N(c2ccc(OC)cc2)c2ccc(OC)cc2)c2ccccc32)cc1. The van der Waals surface area contributed by atoms with Crippen LogP contribution in [0.25, 0.3) is 43.8 Å². The summed E-state index contributed by atoms with van der Waals surface area (Å²) in [4.78, 5) is 4.80. The topological polar surface area (TPSA) is 43.4 Å². The zero-order valence-electron chi connectivity index (χ0n) is 44.9. The van der Waals surface area contributed by atoms with Gasteiger partial charge in [-0.25, -0.2) is 0 Å². The van der Waals surface area contributed by atoms with E-state index in [-0.39, 0.29) is 0 Å². The Labute approximate surface area is 466 Å². The maximum Gasteiger partial charge on any atom is 0.119 e. The molecule has 2 aliphatic rings. The zero-order chi connectivity index (χ0) is 54.0. The Kier molecular flexibility index (Phi) is 11.8. The molecule has 0 amide bonds. The maximum atomic E-state index is 5.77. The van der Waals surface area contributed by atoms with Crippen molar-refractivity contribution in [3.63, 3.8) is 0 Å². The van der Waals surface area contributed by atoms with Gasteiger partial charge in [-0.3, -0.25) is 0 Å². The second-order valence-corrected chi connectivity index (χ2v) is 20.5. The third-order valence-corrected chi connectivity index (χ3v) is 16.8. The van der Waals surface area contributed by atoms with E-state index >= 15 is 0 Å². The molecule has 2 aliphatic carbocycles. The van der Waals surface area contributed by atoms with Gasteiger partial charge in [0.1, 0.15) is 23.0 Å². The molecule has 0 saturated heterocycles. The molecule has 0 saturated carbocycles. The molecule has 2 unspecified atom stereocenters. The Morgan fingerprint density at radius 2 is 0.537 bits per heavy atom. The van der Waals surface area contributed by atoms with Gasteiger partial charge in [-0.05, 0) is 176 Å². The van der Waals surface area contributed by atoms with Gasteiger partial charge in [-0.15, -0.1) is 0 Å². The lowest BCUT2D eigenvalue weighted by Gasteiger charge is -2.51. The van der Waals surface area contributed by atoms with Gasteiger partial charge in [0, 0.05) is 33.5 Å². The summed E-state index contributed by atoms with van der Waals surface area (Å²) >= 11 is 0. The first-order chi connectivity index (χ1) is 39.5. The van der Waals surface area contributed by atoms with Crippen LogP contribution in [-0.4, -0.2) is 28.4 Å². The molecular formula is C74H56N2O4. The Bertz CT molecular complexity index is 3900. The van der Waals surface area contributed by atoms with Crippen LogP contribution < -0.4 is 28.7 Å². The highest BCUT2D eigenvalue weighted by Crippen LogP contribution is 2.72. The molecule has 386 valence electrons. The summed E-state index contributed by atoms with van der Waals surface area (Å²) in [6, 6.07) is 97.8. The third kappa shape index (κ3) is 7.11. The normalized spacial score (nSPS) is 15.6. The maximum absolute atomic E-state index is 5.77. The van der Waals surface area contributed by atoms with E-state index in [0.29, 0.717) is 0 Å². The lowest BCUT2D eigenvalue weighted by atomic mass is 9.49. The van der Waals surface area contributed by atoms with Crippen LogP contribution in [0.4, 0.5) is 34.1 Å². The average molecular weight is 1040 g/mol. The summed E-state index contributed by atoms with van der Waals surface area (Å²) < 4.78 is 23.1. The number of hydrogen-bond donors (Lipinski definition) is 0. The smallest absolute Gasteiger partial charge is 0.119 e. The van der Waals surface area contributed by atoms with Crippen molar-refractivity contribution < 1.29 is 18.9 Å². The largest absolute Gasteiger partial charge is 0.497 e. The van der Waals surface area contributed by atoms with Gasteiger partial charge in [-0.1, -0.05) is 158 Å². The van der Waals surface area contributed by atoms with E-state index < -0.39 is 10.8 Å². The second kappa shape index (κ2) is 19.5. The molecule has 0 bridgehead atoms. The molecule has 6 heteroatoms. The van der Waals surface area contributed by atoms with E-state index in [2.05, 4.69) is 228 Å². The fourth-order valence-electron chi connectivity index (χ4n) is 13.6. The van der Waals surface area contributed by atoms with Crippen molar-refractivity contribution in [1.82, 2.24) is 0 Å². The van der Waals surface area contributed by atoms with Crippen LogP contribution in [-0.2, 0) is 10.8 Å². The molecule has 0 heterocycles. The molecule has 80 heavy (non-hydrogen) atoms. The van der Waals surface area contributed by atoms with Crippen LogP contribution in [0.1, 0.15) is 33.4 Å². The highest BCUT2D eigenvalue weighted by atomic mass is 16.5. The second-order valence-electron chi connectivity index (χ2n) is 20.5. The molecular weight excluding hydrogens is 981 g/mol. The number of rotatable bonds is 13. The standard InChI is InChI=1S/C74H56N2O4/c1-77-55-39-31-51(32-40-55)75(52-33-41-56(78-2)42-34-52)69-47-67-71(61-25-13-11-23-59(61)69)63-27-15-17-29-65(63)73(67,49-19-7-5-8-20-49)74(50-21-9-6-10-22-50)66-30-18-16-28-64(66)72-62-26-14-12-24-60(62)70(48-68(72)74)76(53-35-43-57(79-3)44-36-53)54-37-45-58(80-4)46-38-54/h5-48H,1-4H3. The van der Waals surface area contributed by atoms with Crippen molar-refractivity contribution in [2.24, 2.45) is 0 Å². The van der Waals surface area contributed by atoms with Crippen LogP contribution in [0.5, 0.6) is 23.0 Å². The summed E-state index contributed by atoms with van der Waals surface area (Å²) in [6.07, 6.45) is 0. The molecule has 0 aliphatic heterocycles. The molecule has 0 N–H and O–H groups in total. The summed E-state index contributed by atoms with van der Waals surface area (Å²) in [5.41, 5.74) is 16.2. The molecule has 2 atom stereocenters. The van der Waals surface area contributed by atoms with Gasteiger partial charge in [0.15, 0.2) is 0 Å². The van der Waals surface area contributed by atoms with Gasteiger partial charge in [-0.2, -0.15) is 0 Å². The van der Waals surface area contributed by atoms with Crippen molar-refractivity contribution in [1.29, 1.82) is 0 Å². The van der Waals surface area contributed by atoms with Gasteiger partial charge < -0.3 is 28.7 Å². The summed E-state index contributed by atoms with van der Waals surface area (Å²) in [7, 11) is 6.87. The van der Waals surface area contributed by atoms with Crippen LogP contribution in [0.3, 0.4) is 0 Å². The van der Waals surface area contributed by atoms with E-state index in [1.54, 1.807) is 28.4 Å². The highest BCUT2D eigenvalue weighted by molar-refractivity contribution is 6.14. The van der Waals surface area contributed by atoms with Crippen molar-refractivity contribution in [2.45, 2.75) is 10.8 Å². The lowest BCUT2D eigenvalue weighted by molar-refractivity contribution is 0.414. The summed E-state index contributed by atoms with van der Waals surface area (Å²) in [5.74, 6) is 3.14. The number of methoxy groups -OCH3 is 4. The Morgan fingerprint density at radius 3 is 0.850 bits per heavy atom. The Balaban J connectivity index is 1.19. The van der Waals surface area contributed by atoms with Gasteiger partial charge in [0.05, 0.1) is 50.6 Å². The average Bonchev–Trinajstić information content (AvgIpc) is 4.21. The molecule has 14 rings (SSSR count). The molecule has 0 spiro atoms. The molecule has 6 nitrogen and oxygen atoms in total. The van der Waals surface area contributed by atoms with Crippen molar-refractivity contribution in [3.8, 4) is 45.3 Å². The summed E-state index contributed by atoms with van der Waals surface area (Å²) in [5, 5.41) is 4.58. The third-order valence-electron chi connectivity index (χ3n) is 16.8. The molecule has 12 aromatic rings. The van der Waals surface area contributed by atoms with Crippen molar-refractivity contribution in [3.05, 3.63) is 300 Å². The van der Waals surface area contributed by atoms with Gasteiger partial charge >= 0.3 is 0 Å². The lowest BCUT2D eigenvalue weighted by Crippen LogP contribution is -2.50. The number of anilines is 6. The van der Waals surface area contributed by atoms with Gasteiger partial charge in [0.2, 0.25) is 0 Å². The van der Waals surface area contributed by atoms with E-state index in [1.807, 2.05) is 48.5 Å². The fraction of sp³-hybridized carbons (Fsp3) is 0.0811. The quantitative estimate of drug-likeness (QED) is 0.115. The number of ether oxygens (including phenoxy) is 4. The fourth-order valence-corrected chi connectivity index (χ4v) is 13.6. The van der Waals surface area contributed by atoms with Crippen LogP contribution >= 0.6 is 0 Å². The molecule has 12 aromatic carbocycles.